The summed E-state index contributed by atoms with van der Waals surface area (Å²) in [5, 5.41) is 19.2. The Morgan fingerprint density at radius 3 is 2.20 bits per heavy atom. The van der Waals surface area contributed by atoms with Crippen LogP contribution in [0.2, 0.25) is 0 Å². The van der Waals surface area contributed by atoms with E-state index < -0.39 is 28.5 Å². The second kappa shape index (κ2) is 4.59. The zero-order valence-electron chi connectivity index (χ0n) is 9.61. The topological polar surface area (TPSA) is 56.3 Å². The van der Waals surface area contributed by atoms with Crippen molar-refractivity contribution in [2.45, 2.75) is 5.92 Å². The van der Waals surface area contributed by atoms with Gasteiger partial charge in [0.15, 0.2) is 0 Å². The molecule has 0 atom stereocenters. The van der Waals surface area contributed by atoms with E-state index in [0.717, 1.165) is 11.3 Å². The molecule has 0 amide bonds. The van der Waals surface area contributed by atoms with Gasteiger partial charge in [0.25, 0.3) is 17.3 Å². The Balaban J connectivity index is 2.98. The molecular weight excluding hydrogens is 282 g/mol. The van der Waals surface area contributed by atoms with Crippen LogP contribution in [-0.2, 0) is 0 Å². The van der Waals surface area contributed by atoms with Gasteiger partial charge < -0.3 is 0 Å². The van der Waals surface area contributed by atoms with Gasteiger partial charge in [-0.05, 0) is 17.0 Å². The monoisotopic (exact) mass is 284 g/mol. The molecule has 1 aliphatic carbocycles. The van der Waals surface area contributed by atoms with E-state index in [1.54, 1.807) is 0 Å². The van der Waals surface area contributed by atoms with Crippen LogP contribution in [0.5, 0.6) is 0 Å². The van der Waals surface area contributed by atoms with E-state index in [0.29, 0.717) is 0 Å². The lowest BCUT2D eigenvalue weighted by atomic mass is 10.0. The van der Waals surface area contributed by atoms with Crippen LogP contribution in [0.15, 0.2) is 22.8 Å². The van der Waals surface area contributed by atoms with E-state index in [4.69, 9.17) is 23.7 Å². The highest BCUT2D eigenvalue weighted by molar-refractivity contribution is 7.11. The van der Waals surface area contributed by atoms with Crippen LogP contribution in [0.4, 0.5) is 8.78 Å². The lowest BCUT2D eigenvalue weighted by Gasteiger charge is -2.14. The van der Waals surface area contributed by atoms with E-state index in [1.807, 2.05) is 0 Å². The largest absolute Gasteiger partial charge is 0.284 e. The molecule has 1 aromatic heterocycles. The van der Waals surface area contributed by atoms with E-state index in [2.05, 4.69) is 9.69 Å². The molecule has 2 rings (SSSR count). The van der Waals surface area contributed by atoms with Gasteiger partial charge >= 0.3 is 0 Å². The Morgan fingerprint density at radius 1 is 1.15 bits per heavy atom. The van der Waals surface area contributed by atoms with Crippen LogP contribution in [0, 0.1) is 35.8 Å². The molecule has 0 saturated heterocycles. The van der Waals surface area contributed by atoms with Gasteiger partial charge in [-0.15, -0.1) is 11.3 Å². The second-order valence-corrected chi connectivity index (χ2v) is 4.55. The van der Waals surface area contributed by atoms with E-state index >= 15 is 0 Å². The summed E-state index contributed by atoms with van der Waals surface area (Å²) in [6.45, 7) is 13.7. The maximum absolute atomic E-state index is 14.4. The molecule has 0 saturated carbocycles. The summed E-state index contributed by atoms with van der Waals surface area (Å²) >= 11 is 0.945. The zero-order valence-corrected chi connectivity index (χ0v) is 10.4. The van der Waals surface area contributed by atoms with Crippen LogP contribution >= 0.6 is 11.3 Å². The second-order valence-electron chi connectivity index (χ2n) is 3.63. The molecule has 20 heavy (non-hydrogen) atoms. The minimum atomic E-state index is -3.69. The van der Waals surface area contributed by atoms with Crippen LogP contribution in [-0.4, -0.2) is 5.92 Å². The molecule has 0 aliphatic heterocycles. The maximum Gasteiger partial charge on any atom is 0.284 e. The van der Waals surface area contributed by atoms with Crippen molar-refractivity contribution in [3.63, 3.8) is 0 Å². The van der Waals surface area contributed by atoms with Crippen molar-refractivity contribution in [1.82, 2.24) is 0 Å². The van der Waals surface area contributed by atoms with Gasteiger partial charge in [0.05, 0.1) is 30.9 Å². The zero-order chi connectivity index (χ0) is 14.9. The van der Waals surface area contributed by atoms with Gasteiger partial charge in [0, 0.05) is 10.5 Å². The number of fused-ring (bicyclic) bond motifs is 1. The number of hydrogen-bond donors (Lipinski definition) is 0. The van der Waals surface area contributed by atoms with Gasteiger partial charge in [-0.1, -0.05) is 0 Å². The van der Waals surface area contributed by atoms with Gasteiger partial charge in [0.1, 0.15) is 0 Å². The summed E-state index contributed by atoms with van der Waals surface area (Å²) in [5.74, 6) is -3.69. The summed E-state index contributed by atoms with van der Waals surface area (Å²) in [5.41, 5.74) is -2.86. The quantitative estimate of drug-likeness (QED) is 0.538. The average molecular weight is 284 g/mol. The van der Waals surface area contributed by atoms with Crippen molar-refractivity contribution in [3.05, 3.63) is 56.1 Å². The Kier molecular flexibility index (Phi) is 3.08. The van der Waals surface area contributed by atoms with Crippen molar-refractivity contribution in [2.75, 3.05) is 0 Å². The third-order valence-corrected chi connectivity index (χ3v) is 3.63. The predicted molar refractivity (Wildman–Crippen MR) is 67.5 cm³/mol. The summed E-state index contributed by atoms with van der Waals surface area (Å²) < 4.78 is 28.9. The fourth-order valence-electron chi connectivity index (χ4n) is 1.94. The molecule has 0 spiro atoms. The fraction of sp³-hybridized carbons (Fsp3) is 0.0769. The minimum absolute atomic E-state index is 0.0407. The lowest BCUT2D eigenvalue weighted by Crippen LogP contribution is -2.16. The van der Waals surface area contributed by atoms with Crippen molar-refractivity contribution in [3.8, 4) is 12.1 Å². The molecule has 1 aliphatic rings. The van der Waals surface area contributed by atoms with Crippen LogP contribution in [0.25, 0.3) is 20.8 Å². The molecule has 1 heterocycles. The maximum atomic E-state index is 14.4. The number of allylic oxidation sites excluding steroid dienone is 4. The first-order chi connectivity index (χ1) is 9.52. The highest BCUT2D eigenvalue weighted by Crippen LogP contribution is 2.56. The van der Waals surface area contributed by atoms with Gasteiger partial charge in [-0.3, -0.25) is 0 Å². The fourth-order valence-corrected chi connectivity index (χ4v) is 2.92. The standard InChI is InChI=1S/C13H2F2N4S/c1-18-8(5-16)10-7-3-4-20-12(7)11(13(10,14)15)9(6-17)19-2/h3-4H/b10-8+,11-9+. The molecule has 0 radical (unpaired) electrons. The molecular formula is C13H2F2N4S. The average Bonchev–Trinajstić information content (AvgIpc) is 2.95. The third-order valence-electron chi connectivity index (χ3n) is 2.70. The summed E-state index contributed by atoms with van der Waals surface area (Å²) in [6, 6.07) is 4.25. The number of halogens is 2. The normalized spacial score (nSPS) is 19.9. The van der Waals surface area contributed by atoms with Crippen molar-refractivity contribution < 1.29 is 8.78 Å². The molecule has 0 fully saturated rings. The number of alkyl halides is 2. The van der Waals surface area contributed by atoms with Gasteiger partial charge in [-0.2, -0.15) is 8.78 Å². The Morgan fingerprint density at radius 2 is 1.70 bits per heavy atom. The first-order valence-electron chi connectivity index (χ1n) is 5.03. The first kappa shape index (κ1) is 13.4. The van der Waals surface area contributed by atoms with Crippen LogP contribution in [0.1, 0.15) is 10.4 Å². The van der Waals surface area contributed by atoms with Gasteiger partial charge in [0.2, 0.25) is 0 Å². The third kappa shape index (κ3) is 1.59. The molecule has 94 valence electrons. The highest BCUT2D eigenvalue weighted by Gasteiger charge is 2.51. The van der Waals surface area contributed by atoms with Gasteiger partial charge in [-0.25, -0.2) is 20.2 Å². The molecule has 7 heteroatoms. The molecule has 1 aromatic rings. The molecule has 0 aromatic carbocycles. The Bertz CT molecular complexity index is 733. The van der Waals surface area contributed by atoms with Crippen molar-refractivity contribution in [1.29, 1.82) is 10.5 Å². The van der Waals surface area contributed by atoms with Crippen LogP contribution in [0.3, 0.4) is 0 Å². The number of thiophene rings is 1. The number of nitriles is 2. The number of nitrogens with zero attached hydrogens (tertiary/aromatic N) is 4. The highest BCUT2D eigenvalue weighted by atomic mass is 32.1. The minimum Gasteiger partial charge on any atom is -0.226 e. The first-order valence-corrected chi connectivity index (χ1v) is 5.91. The van der Waals surface area contributed by atoms with E-state index in [9.17, 15) is 8.78 Å². The Labute approximate surface area is 116 Å². The molecule has 0 unspecified atom stereocenters. The molecule has 0 N–H and O–H groups in total. The van der Waals surface area contributed by atoms with Crippen molar-refractivity contribution in [2.24, 2.45) is 0 Å². The van der Waals surface area contributed by atoms with Crippen molar-refractivity contribution >= 4 is 22.5 Å². The summed E-state index contributed by atoms with van der Waals surface area (Å²) in [7, 11) is 0. The van der Waals surface area contributed by atoms with Crippen LogP contribution < -0.4 is 0 Å². The molecule has 0 bridgehead atoms. The Hall–Kier alpha value is -3.00. The summed E-state index contributed by atoms with van der Waals surface area (Å²) in [6.07, 6.45) is 0. The number of rotatable bonds is 0. The predicted octanol–water partition coefficient (Wildman–Crippen LogP) is 3.70. The smallest absolute Gasteiger partial charge is 0.226 e. The molecule has 4 nitrogen and oxygen atoms in total. The summed E-state index contributed by atoms with van der Waals surface area (Å²) in [4.78, 5) is 5.70. The SMILES string of the molecule is [C-]#[N+]/C(C#N)=C1\c2sccc2/C(=C(/C#N)[N+]#[C-])C1(F)F. The lowest BCUT2D eigenvalue weighted by molar-refractivity contribution is 0.138. The van der Waals surface area contributed by atoms with E-state index in [-0.39, 0.29) is 10.4 Å². The van der Waals surface area contributed by atoms with E-state index in [1.165, 1.54) is 23.6 Å². The number of hydrogen-bond acceptors (Lipinski definition) is 3.